The molecule has 0 spiro atoms. The number of benzene rings is 1. The lowest BCUT2D eigenvalue weighted by Gasteiger charge is -2.09. The van der Waals surface area contributed by atoms with Gasteiger partial charge < -0.3 is 0 Å². The fourth-order valence-electron chi connectivity index (χ4n) is 5.96. The minimum absolute atomic E-state index is 1.14. The van der Waals surface area contributed by atoms with E-state index >= 15 is 0 Å². The predicted octanol–water partition coefficient (Wildman–Crippen LogP) is 13.1. The molecule has 0 atom stereocenters. The van der Waals surface area contributed by atoms with Crippen LogP contribution in [0.1, 0.15) is 192 Å². The Bertz CT molecular complexity index is 618. The molecule has 0 bridgehead atoms. The molecule has 0 N–H and O–H groups in total. The van der Waals surface area contributed by atoms with Crippen molar-refractivity contribution in [2.75, 3.05) is 0 Å². The van der Waals surface area contributed by atoms with Crippen LogP contribution in [-0.2, 0) is 6.42 Å². The van der Waals surface area contributed by atoms with Gasteiger partial charge >= 0.3 is 0 Å². The van der Waals surface area contributed by atoms with E-state index in [1.54, 1.807) is 0 Å². The second-order valence-electron chi connectivity index (χ2n) is 12.3. The quantitative estimate of drug-likeness (QED) is 0.0470. The number of hydrogen-bond donors (Lipinski definition) is 0. The molecule has 0 aliphatic rings. The summed E-state index contributed by atoms with van der Waals surface area (Å²) in [5, 5.41) is 1.23. The summed E-state index contributed by atoms with van der Waals surface area (Å²) in [6.07, 6.45) is 41.7. The molecule has 3 heteroatoms. The molecular formula is C36H66Cl2Si. The van der Waals surface area contributed by atoms with E-state index < -0.39 is 7.42 Å². The van der Waals surface area contributed by atoms with Gasteiger partial charge in [0, 0.05) is 0 Å². The first-order valence-electron chi connectivity index (χ1n) is 17.6. The third kappa shape index (κ3) is 24.3. The number of rotatable bonds is 30. The number of aryl methyl sites for hydroxylation is 1. The van der Waals surface area contributed by atoms with E-state index in [1.165, 1.54) is 191 Å². The van der Waals surface area contributed by atoms with E-state index in [1.807, 2.05) is 0 Å². The van der Waals surface area contributed by atoms with Crippen LogP contribution in [0.15, 0.2) is 24.3 Å². The van der Waals surface area contributed by atoms with Gasteiger partial charge in [0.2, 0.25) is 0 Å². The van der Waals surface area contributed by atoms with E-state index in [9.17, 15) is 0 Å². The summed E-state index contributed by atoms with van der Waals surface area (Å²) in [5.74, 6) is 0. The molecular weight excluding hydrogens is 531 g/mol. The predicted molar refractivity (Wildman–Crippen MR) is 184 cm³/mol. The first kappa shape index (κ1) is 37.0. The normalized spacial score (nSPS) is 11.6. The highest BCUT2D eigenvalue weighted by Crippen LogP contribution is 2.17. The van der Waals surface area contributed by atoms with Crippen LogP contribution in [0.3, 0.4) is 0 Å². The van der Waals surface area contributed by atoms with Crippen LogP contribution in [0.4, 0.5) is 0 Å². The van der Waals surface area contributed by atoms with Crippen molar-refractivity contribution in [2.45, 2.75) is 193 Å². The molecule has 0 saturated carbocycles. The molecule has 0 radical (unpaired) electrons. The van der Waals surface area contributed by atoms with Crippen LogP contribution in [0.5, 0.6) is 0 Å². The van der Waals surface area contributed by atoms with Gasteiger partial charge in [-0.1, -0.05) is 205 Å². The Labute approximate surface area is 256 Å². The van der Waals surface area contributed by atoms with Gasteiger partial charge in [-0.25, -0.2) is 0 Å². The minimum Gasteiger partial charge on any atom is -0.144 e. The van der Waals surface area contributed by atoms with Crippen molar-refractivity contribution < 1.29 is 0 Å². The molecule has 0 fully saturated rings. The third-order valence-corrected chi connectivity index (χ3v) is 11.0. The maximum atomic E-state index is 6.23. The summed E-state index contributed by atoms with van der Waals surface area (Å²) < 4.78 is 0. The standard InChI is InChI=1S/C36H66Cl2Si/c1-2-3-4-5-6-7-8-9-10-11-12-13-14-15-16-17-18-19-20-21-22-23-24-25-26-27-28-29-32-35-33-30-31-34-36(35)39(37)38/h30-31,33-34,39H,2-29,32H2,1H3. The highest BCUT2D eigenvalue weighted by Gasteiger charge is 2.10. The fourth-order valence-corrected chi connectivity index (χ4v) is 8.01. The van der Waals surface area contributed by atoms with E-state index in [0.717, 1.165) is 6.42 Å². The molecule has 0 saturated heterocycles. The van der Waals surface area contributed by atoms with E-state index in [0.29, 0.717) is 0 Å². The van der Waals surface area contributed by atoms with Gasteiger partial charge in [-0.15, -0.1) is 22.2 Å². The van der Waals surface area contributed by atoms with Crippen molar-refractivity contribution in [1.82, 2.24) is 0 Å². The lowest BCUT2D eigenvalue weighted by molar-refractivity contribution is 0.514. The smallest absolute Gasteiger partial charge is 0.144 e. The van der Waals surface area contributed by atoms with Gasteiger partial charge in [-0.05, 0) is 23.6 Å². The average molecular weight is 598 g/mol. The topological polar surface area (TPSA) is 0 Å². The molecule has 0 nitrogen and oxygen atoms in total. The lowest BCUT2D eigenvalue weighted by Crippen LogP contribution is -2.22. The monoisotopic (exact) mass is 596 g/mol. The van der Waals surface area contributed by atoms with Crippen molar-refractivity contribution in [1.29, 1.82) is 0 Å². The zero-order valence-electron chi connectivity index (χ0n) is 26.1. The van der Waals surface area contributed by atoms with Crippen LogP contribution in [0.2, 0.25) is 0 Å². The molecule has 0 amide bonds. The molecule has 0 aromatic heterocycles. The average Bonchev–Trinajstić information content (AvgIpc) is 2.94. The molecule has 0 heterocycles. The van der Waals surface area contributed by atoms with Gasteiger partial charge in [0.25, 0.3) is 7.42 Å². The Kier molecular flexibility index (Phi) is 28.0. The Morgan fingerprint density at radius 2 is 0.692 bits per heavy atom. The summed E-state index contributed by atoms with van der Waals surface area (Å²) in [6.45, 7) is 2.30. The van der Waals surface area contributed by atoms with E-state index in [-0.39, 0.29) is 0 Å². The lowest BCUT2D eigenvalue weighted by atomic mass is 10.0. The largest absolute Gasteiger partial charge is 0.266 e. The Morgan fingerprint density at radius 1 is 0.410 bits per heavy atom. The summed E-state index contributed by atoms with van der Waals surface area (Å²) in [5.41, 5.74) is 1.38. The van der Waals surface area contributed by atoms with Gasteiger partial charge in [0.1, 0.15) is 0 Å². The zero-order valence-corrected chi connectivity index (χ0v) is 28.8. The van der Waals surface area contributed by atoms with E-state index in [2.05, 4.69) is 31.2 Å². The van der Waals surface area contributed by atoms with Crippen LogP contribution in [-0.4, -0.2) is 7.42 Å². The van der Waals surface area contributed by atoms with Gasteiger partial charge in [-0.3, -0.25) is 0 Å². The van der Waals surface area contributed by atoms with Gasteiger partial charge in [0.15, 0.2) is 0 Å². The summed E-state index contributed by atoms with van der Waals surface area (Å²) >= 11 is 12.5. The van der Waals surface area contributed by atoms with Crippen molar-refractivity contribution in [3.63, 3.8) is 0 Å². The maximum absolute atomic E-state index is 6.23. The van der Waals surface area contributed by atoms with E-state index in [4.69, 9.17) is 22.2 Å². The maximum Gasteiger partial charge on any atom is 0.266 e. The second-order valence-corrected chi connectivity index (χ2v) is 16.8. The van der Waals surface area contributed by atoms with Crippen molar-refractivity contribution >= 4 is 34.8 Å². The van der Waals surface area contributed by atoms with Crippen molar-refractivity contribution in [3.8, 4) is 0 Å². The van der Waals surface area contributed by atoms with Gasteiger partial charge in [0.05, 0.1) is 0 Å². The Morgan fingerprint density at radius 3 is 1.00 bits per heavy atom. The molecule has 39 heavy (non-hydrogen) atoms. The third-order valence-electron chi connectivity index (χ3n) is 8.59. The van der Waals surface area contributed by atoms with Gasteiger partial charge in [-0.2, -0.15) is 0 Å². The molecule has 0 aliphatic carbocycles. The minimum atomic E-state index is -1.73. The van der Waals surface area contributed by atoms with Crippen LogP contribution in [0, 0.1) is 0 Å². The molecule has 1 aromatic rings. The van der Waals surface area contributed by atoms with Crippen LogP contribution < -0.4 is 5.19 Å². The molecule has 1 aromatic carbocycles. The van der Waals surface area contributed by atoms with Crippen LogP contribution >= 0.6 is 22.2 Å². The highest BCUT2D eigenvalue weighted by molar-refractivity contribution is 7.39. The Balaban J connectivity index is 1.70. The molecule has 228 valence electrons. The summed E-state index contributed by atoms with van der Waals surface area (Å²) in [6, 6.07) is 8.51. The number of halogens is 2. The Hall–Kier alpha value is 0.0169. The summed E-state index contributed by atoms with van der Waals surface area (Å²) in [4.78, 5) is 0. The molecule has 0 unspecified atom stereocenters. The number of unbranched alkanes of at least 4 members (excludes halogenated alkanes) is 27. The second kappa shape index (κ2) is 29.5. The zero-order chi connectivity index (χ0) is 28.1. The molecule has 1 rings (SSSR count). The SMILES string of the molecule is CCCCCCCCCCCCCCCCCCCCCCCCCCCCCCc1ccccc1[SiH](Cl)Cl. The first-order valence-corrected chi connectivity index (χ1v) is 21.7. The fraction of sp³-hybridized carbons (Fsp3) is 0.833. The van der Waals surface area contributed by atoms with Crippen molar-refractivity contribution in [3.05, 3.63) is 29.8 Å². The molecule has 0 aliphatic heterocycles. The first-order chi connectivity index (χ1) is 19.3. The number of hydrogen-bond acceptors (Lipinski definition) is 0. The highest BCUT2D eigenvalue weighted by atomic mass is 35.7. The van der Waals surface area contributed by atoms with Crippen molar-refractivity contribution in [2.24, 2.45) is 0 Å². The van der Waals surface area contributed by atoms with Crippen LogP contribution in [0.25, 0.3) is 0 Å². The summed E-state index contributed by atoms with van der Waals surface area (Å²) in [7, 11) is -1.73.